The molecule has 0 amide bonds. The summed E-state index contributed by atoms with van der Waals surface area (Å²) < 4.78 is 14.3. The number of aromatic nitrogens is 3. The molecule has 0 spiro atoms. The van der Waals surface area contributed by atoms with Gasteiger partial charge in [0, 0.05) is 45.0 Å². The minimum Gasteiger partial charge on any atom is -0.489 e. The maximum Gasteiger partial charge on any atom is 0.137 e. The molecule has 0 bridgehead atoms. The third-order valence-corrected chi connectivity index (χ3v) is 5.20. The molecule has 2 aliphatic rings. The molecule has 2 aliphatic heterocycles. The van der Waals surface area contributed by atoms with E-state index in [2.05, 4.69) is 28.0 Å². The molecule has 4 heterocycles. The molecule has 0 saturated carbocycles. The first-order chi connectivity index (χ1) is 12.1. The maximum absolute atomic E-state index is 6.39. The fourth-order valence-electron chi connectivity index (χ4n) is 4.09. The number of pyridine rings is 1. The molecule has 25 heavy (non-hydrogen) atoms. The minimum atomic E-state index is -0.216. The molecule has 4 rings (SSSR count). The summed E-state index contributed by atoms with van der Waals surface area (Å²) in [7, 11) is 2.02. The van der Waals surface area contributed by atoms with Crippen LogP contribution in [0.4, 0.5) is 0 Å². The molecule has 2 aromatic heterocycles. The van der Waals surface area contributed by atoms with Gasteiger partial charge < -0.3 is 14.0 Å². The molecule has 0 unspecified atom stereocenters. The summed E-state index contributed by atoms with van der Waals surface area (Å²) in [5.41, 5.74) is 0.925. The predicted octanol–water partition coefficient (Wildman–Crippen LogP) is 2.26. The predicted molar refractivity (Wildman–Crippen MR) is 94.2 cm³/mol. The van der Waals surface area contributed by atoms with E-state index in [9.17, 15) is 0 Å². The number of nitrogens with zero attached hydrogens (tertiary/aromatic N) is 4. The Morgan fingerprint density at radius 3 is 3.12 bits per heavy atom. The van der Waals surface area contributed by atoms with E-state index in [0.29, 0.717) is 18.6 Å². The van der Waals surface area contributed by atoms with Crippen LogP contribution in [-0.4, -0.2) is 50.8 Å². The minimum absolute atomic E-state index is 0.216. The fourth-order valence-corrected chi connectivity index (χ4v) is 4.09. The van der Waals surface area contributed by atoms with Crippen molar-refractivity contribution in [1.29, 1.82) is 0 Å². The van der Waals surface area contributed by atoms with Gasteiger partial charge in [-0.25, -0.2) is 4.98 Å². The first-order valence-electron chi connectivity index (χ1n) is 8.99. The van der Waals surface area contributed by atoms with Gasteiger partial charge >= 0.3 is 0 Å². The van der Waals surface area contributed by atoms with E-state index in [1.54, 1.807) is 12.4 Å². The number of ether oxygens (including phenoxy) is 2. The van der Waals surface area contributed by atoms with Gasteiger partial charge in [-0.2, -0.15) is 0 Å². The number of piperidine rings is 1. The molecular weight excluding hydrogens is 316 g/mol. The summed E-state index contributed by atoms with van der Waals surface area (Å²) in [6.07, 6.45) is 9.95. The normalized spacial score (nSPS) is 29.5. The van der Waals surface area contributed by atoms with Gasteiger partial charge in [0.15, 0.2) is 0 Å². The monoisotopic (exact) mass is 342 g/mol. The highest BCUT2D eigenvalue weighted by molar-refractivity contribution is 5.15. The molecule has 0 N–H and O–H groups in total. The molecule has 0 aromatic carbocycles. The second kappa shape index (κ2) is 6.77. The van der Waals surface area contributed by atoms with Crippen molar-refractivity contribution >= 4 is 0 Å². The lowest BCUT2D eigenvalue weighted by molar-refractivity contribution is -0.0698. The second-order valence-corrected chi connectivity index (χ2v) is 7.60. The van der Waals surface area contributed by atoms with Crippen molar-refractivity contribution in [1.82, 2.24) is 19.4 Å². The Bertz CT molecular complexity index is 704. The molecule has 2 aromatic rings. The summed E-state index contributed by atoms with van der Waals surface area (Å²) in [6, 6.07) is 3.83. The van der Waals surface area contributed by atoms with E-state index in [1.807, 2.05) is 30.1 Å². The summed E-state index contributed by atoms with van der Waals surface area (Å²) in [5, 5.41) is 0. The van der Waals surface area contributed by atoms with Gasteiger partial charge in [-0.1, -0.05) is 0 Å². The van der Waals surface area contributed by atoms with Crippen molar-refractivity contribution in [2.75, 3.05) is 19.7 Å². The number of hydrogen-bond donors (Lipinski definition) is 0. The second-order valence-electron chi connectivity index (χ2n) is 7.60. The Labute approximate surface area is 148 Å². The lowest BCUT2D eigenvalue weighted by atomic mass is 9.89. The van der Waals surface area contributed by atoms with Crippen LogP contribution < -0.4 is 4.74 Å². The average Bonchev–Trinajstić information content (AvgIpc) is 3.16. The Kier molecular flexibility index (Phi) is 4.48. The lowest BCUT2D eigenvalue weighted by Gasteiger charge is -2.33. The van der Waals surface area contributed by atoms with Crippen LogP contribution in [0.1, 0.15) is 25.5 Å². The SMILES string of the molecule is Cn1cnc(CN2CC[C@@H]3O[C@@](C)(COc4cccnc4)C[C@@H]3C2)c1. The highest BCUT2D eigenvalue weighted by Crippen LogP contribution is 2.39. The topological polar surface area (TPSA) is 52.4 Å². The zero-order valence-electron chi connectivity index (χ0n) is 15.0. The van der Waals surface area contributed by atoms with Crippen LogP contribution in [-0.2, 0) is 18.3 Å². The van der Waals surface area contributed by atoms with Gasteiger partial charge in [0.1, 0.15) is 18.0 Å². The highest BCUT2D eigenvalue weighted by atomic mass is 16.6. The van der Waals surface area contributed by atoms with Crippen molar-refractivity contribution in [3.63, 3.8) is 0 Å². The molecule has 6 heteroatoms. The Morgan fingerprint density at radius 1 is 1.44 bits per heavy atom. The summed E-state index contributed by atoms with van der Waals surface area (Å²) in [6.45, 7) is 5.81. The third kappa shape index (κ3) is 3.85. The number of likely N-dealkylation sites (tertiary alicyclic amines) is 1. The highest BCUT2D eigenvalue weighted by Gasteiger charge is 2.46. The van der Waals surface area contributed by atoms with Crippen LogP contribution in [0.25, 0.3) is 0 Å². The van der Waals surface area contributed by atoms with Crippen LogP contribution in [0.2, 0.25) is 0 Å². The molecule has 134 valence electrons. The standard InChI is InChI=1S/C19H26N4O2/c1-19(13-24-17-4-3-6-20-9-17)8-15-10-23(7-5-18(15)25-19)12-16-11-22(2)14-21-16/h3-4,6,9,11,14-15,18H,5,7-8,10,12-13H2,1-2H3/t15-,18+,19-/m1/s1. The number of imidazole rings is 1. The number of aryl methyl sites for hydroxylation is 1. The number of fused-ring (bicyclic) bond motifs is 1. The van der Waals surface area contributed by atoms with E-state index < -0.39 is 0 Å². The van der Waals surface area contributed by atoms with Gasteiger partial charge in [-0.3, -0.25) is 9.88 Å². The van der Waals surface area contributed by atoms with Crippen LogP contribution in [0, 0.1) is 5.92 Å². The third-order valence-electron chi connectivity index (χ3n) is 5.20. The zero-order valence-corrected chi connectivity index (χ0v) is 15.0. The lowest BCUT2D eigenvalue weighted by Crippen LogP contribution is -2.40. The van der Waals surface area contributed by atoms with Crippen molar-refractivity contribution in [2.45, 2.75) is 38.0 Å². The molecule has 0 radical (unpaired) electrons. The number of hydrogen-bond acceptors (Lipinski definition) is 5. The molecule has 6 nitrogen and oxygen atoms in total. The molecule has 2 saturated heterocycles. The smallest absolute Gasteiger partial charge is 0.137 e. The average molecular weight is 342 g/mol. The van der Waals surface area contributed by atoms with E-state index in [0.717, 1.165) is 43.9 Å². The summed E-state index contributed by atoms with van der Waals surface area (Å²) >= 11 is 0. The summed E-state index contributed by atoms with van der Waals surface area (Å²) in [5.74, 6) is 1.37. The van der Waals surface area contributed by atoms with Gasteiger partial charge in [0.05, 0.1) is 24.3 Å². The quantitative estimate of drug-likeness (QED) is 0.834. The van der Waals surface area contributed by atoms with Crippen LogP contribution in [0.5, 0.6) is 5.75 Å². The van der Waals surface area contributed by atoms with Crippen LogP contribution >= 0.6 is 0 Å². The van der Waals surface area contributed by atoms with E-state index in [4.69, 9.17) is 9.47 Å². The molecule has 0 aliphatic carbocycles. The molecule has 3 atom stereocenters. The van der Waals surface area contributed by atoms with Crippen molar-refractivity contribution < 1.29 is 9.47 Å². The van der Waals surface area contributed by atoms with Crippen molar-refractivity contribution in [2.24, 2.45) is 13.0 Å². The molecule has 2 fully saturated rings. The Morgan fingerprint density at radius 2 is 2.36 bits per heavy atom. The van der Waals surface area contributed by atoms with E-state index in [-0.39, 0.29) is 5.60 Å². The Balaban J connectivity index is 1.33. The maximum atomic E-state index is 6.39. The summed E-state index contributed by atoms with van der Waals surface area (Å²) in [4.78, 5) is 11.0. The van der Waals surface area contributed by atoms with Crippen molar-refractivity contribution in [3.8, 4) is 5.75 Å². The number of rotatable bonds is 5. The van der Waals surface area contributed by atoms with E-state index in [1.165, 1.54) is 0 Å². The van der Waals surface area contributed by atoms with Gasteiger partial charge in [0.2, 0.25) is 0 Å². The molecular formula is C19H26N4O2. The van der Waals surface area contributed by atoms with E-state index >= 15 is 0 Å². The van der Waals surface area contributed by atoms with Gasteiger partial charge in [0.25, 0.3) is 0 Å². The Hall–Kier alpha value is -1.92. The van der Waals surface area contributed by atoms with Gasteiger partial charge in [-0.05, 0) is 31.9 Å². The van der Waals surface area contributed by atoms with Crippen LogP contribution in [0.3, 0.4) is 0 Å². The van der Waals surface area contributed by atoms with Crippen molar-refractivity contribution in [3.05, 3.63) is 42.7 Å². The zero-order chi connectivity index (χ0) is 17.3. The first-order valence-corrected chi connectivity index (χ1v) is 8.99. The fraction of sp³-hybridized carbons (Fsp3) is 0.579. The first kappa shape index (κ1) is 16.5. The largest absolute Gasteiger partial charge is 0.489 e. The van der Waals surface area contributed by atoms with Gasteiger partial charge in [-0.15, -0.1) is 0 Å². The van der Waals surface area contributed by atoms with Crippen LogP contribution in [0.15, 0.2) is 37.1 Å².